The maximum Gasteiger partial charge on any atom is 0.0627 e. The number of ether oxygens (including phenoxy) is 1. The van der Waals surface area contributed by atoms with Crippen molar-refractivity contribution in [3.05, 3.63) is 0 Å². The summed E-state index contributed by atoms with van der Waals surface area (Å²) in [7, 11) is 0. The molecule has 3 unspecified atom stereocenters. The molecule has 0 radical (unpaired) electrons. The van der Waals surface area contributed by atoms with Gasteiger partial charge in [0, 0.05) is 12.5 Å². The van der Waals surface area contributed by atoms with E-state index in [2.05, 4.69) is 0 Å². The molecule has 0 amide bonds. The second kappa shape index (κ2) is 3.11. The molecular weight excluding hydrogens is 140 g/mol. The van der Waals surface area contributed by atoms with Gasteiger partial charge in [-0.3, -0.25) is 0 Å². The lowest BCUT2D eigenvalue weighted by Gasteiger charge is -2.38. The number of fused-ring (bicyclic) bond motifs is 1. The normalized spacial score (nSPS) is 45.0. The van der Waals surface area contributed by atoms with Crippen LogP contribution in [-0.4, -0.2) is 23.9 Å². The molecule has 1 heterocycles. The Labute approximate surface area is 67.6 Å². The lowest BCUT2D eigenvalue weighted by atomic mass is 9.80. The second-order valence-corrected chi connectivity index (χ2v) is 3.71. The van der Waals surface area contributed by atoms with Crippen molar-refractivity contribution in [2.75, 3.05) is 6.61 Å². The van der Waals surface area contributed by atoms with E-state index in [1.165, 1.54) is 12.8 Å². The molecule has 64 valence electrons. The fourth-order valence-corrected chi connectivity index (χ4v) is 2.34. The van der Waals surface area contributed by atoms with Gasteiger partial charge in [-0.25, -0.2) is 0 Å². The maximum atomic E-state index is 9.62. The highest BCUT2D eigenvalue weighted by Gasteiger charge is 2.34. The molecule has 11 heavy (non-hydrogen) atoms. The first-order chi connectivity index (χ1) is 5.38. The molecule has 2 nitrogen and oxygen atoms in total. The van der Waals surface area contributed by atoms with Crippen LogP contribution in [0.1, 0.15) is 32.1 Å². The van der Waals surface area contributed by atoms with Crippen LogP contribution >= 0.6 is 0 Å². The van der Waals surface area contributed by atoms with Gasteiger partial charge in [0.15, 0.2) is 0 Å². The average Bonchev–Trinajstić information content (AvgIpc) is 2.06. The van der Waals surface area contributed by atoms with Crippen molar-refractivity contribution in [3.8, 4) is 0 Å². The van der Waals surface area contributed by atoms with Crippen molar-refractivity contribution in [1.82, 2.24) is 0 Å². The highest BCUT2D eigenvalue weighted by molar-refractivity contribution is 4.84. The average molecular weight is 156 g/mol. The molecule has 0 bridgehead atoms. The van der Waals surface area contributed by atoms with Gasteiger partial charge in [0.25, 0.3) is 0 Å². The summed E-state index contributed by atoms with van der Waals surface area (Å²) < 4.78 is 5.59. The molecule has 2 aliphatic rings. The maximum absolute atomic E-state index is 9.62. The summed E-state index contributed by atoms with van der Waals surface area (Å²) >= 11 is 0. The molecule has 1 N–H and O–H groups in total. The number of aliphatic hydroxyl groups excluding tert-OH is 1. The first-order valence-electron chi connectivity index (χ1n) is 4.67. The van der Waals surface area contributed by atoms with Crippen molar-refractivity contribution in [1.29, 1.82) is 0 Å². The Hall–Kier alpha value is -0.0800. The zero-order valence-electron chi connectivity index (χ0n) is 6.83. The van der Waals surface area contributed by atoms with E-state index in [0.717, 1.165) is 25.9 Å². The second-order valence-electron chi connectivity index (χ2n) is 3.71. The Bertz CT molecular complexity index is 134. The molecule has 1 aliphatic heterocycles. The summed E-state index contributed by atoms with van der Waals surface area (Å²) in [6, 6.07) is 0. The predicted octanol–water partition coefficient (Wildman–Crippen LogP) is 1.33. The summed E-state index contributed by atoms with van der Waals surface area (Å²) in [4.78, 5) is 0. The van der Waals surface area contributed by atoms with E-state index in [4.69, 9.17) is 4.74 Å². The Morgan fingerprint density at radius 3 is 2.82 bits per heavy atom. The highest BCUT2D eigenvalue weighted by atomic mass is 16.5. The van der Waals surface area contributed by atoms with Crippen molar-refractivity contribution >= 4 is 0 Å². The van der Waals surface area contributed by atoms with Gasteiger partial charge in [-0.1, -0.05) is 0 Å². The summed E-state index contributed by atoms with van der Waals surface area (Å²) in [5.74, 6) is 0.456. The van der Waals surface area contributed by atoms with Gasteiger partial charge in [-0.2, -0.15) is 0 Å². The largest absolute Gasteiger partial charge is 0.393 e. The molecular formula is C9H16O2. The van der Waals surface area contributed by atoms with E-state index in [-0.39, 0.29) is 6.10 Å². The molecule has 2 heteroatoms. The Kier molecular flexibility index (Phi) is 2.14. The summed E-state index contributed by atoms with van der Waals surface area (Å²) in [6.07, 6.45) is 5.92. The molecule has 1 aliphatic carbocycles. The number of aliphatic hydroxyl groups is 1. The van der Waals surface area contributed by atoms with Crippen molar-refractivity contribution < 1.29 is 9.84 Å². The Morgan fingerprint density at radius 2 is 2.00 bits per heavy atom. The van der Waals surface area contributed by atoms with Crippen LogP contribution in [0.4, 0.5) is 0 Å². The minimum atomic E-state index is -0.0750. The number of hydrogen-bond acceptors (Lipinski definition) is 2. The minimum absolute atomic E-state index is 0.0750. The fourth-order valence-electron chi connectivity index (χ4n) is 2.34. The summed E-state index contributed by atoms with van der Waals surface area (Å²) in [5, 5.41) is 9.62. The monoisotopic (exact) mass is 156 g/mol. The Morgan fingerprint density at radius 1 is 1.09 bits per heavy atom. The SMILES string of the molecule is OC1CCCC2OCCCC12. The van der Waals surface area contributed by atoms with Crippen LogP contribution in [0.2, 0.25) is 0 Å². The van der Waals surface area contributed by atoms with Crippen LogP contribution in [0, 0.1) is 5.92 Å². The van der Waals surface area contributed by atoms with E-state index in [0.29, 0.717) is 12.0 Å². The van der Waals surface area contributed by atoms with Gasteiger partial charge in [0.05, 0.1) is 12.2 Å². The van der Waals surface area contributed by atoms with Crippen LogP contribution in [0.25, 0.3) is 0 Å². The van der Waals surface area contributed by atoms with Crippen LogP contribution in [0.5, 0.6) is 0 Å². The van der Waals surface area contributed by atoms with Crippen LogP contribution < -0.4 is 0 Å². The predicted molar refractivity (Wildman–Crippen MR) is 42.3 cm³/mol. The first-order valence-corrected chi connectivity index (χ1v) is 4.67. The fraction of sp³-hybridized carbons (Fsp3) is 1.00. The zero-order valence-corrected chi connectivity index (χ0v) is 6.83. The summed E-state index contributed by atoms with van der Waals surface area (Å²) in [6.45, 7) is 0.911. The molecule has 3 atom stereocenters. The van der Waals surface area contributed by atoms with Crippen molar-refractivity contribution in [2.24, 2.45) is 5.92 Å². The lowest BCUT2D eigenvalue weighted by molar-refractivity contribution is -0.0958. The van der Waals surface area contributed by atoms with Gasteiger partial charge in [0.1, 0.15) is 0 Å². The number of hydrogen-bond donors (Lipinski definition) is 1. The first kappa shape index (κ1) is 7.56. The molecule has 0 aromatic carbocycles. The third-order valence-corrected chi connectivity index (χ3v) is 2.97. The quantitative estimate of drug-likeness (QED) is 0.573. The van der Waals surface area contributed by atoms with Crippen LogP contribution in [-0.2, 0) is 4.74 Å². The third kappa shape index (κ3) is 1.42. The van der Waals surface area contributed by atoms with E-state index >= 15 is 0 Å². The van der Waals surface area contributed by atoms with Crippen molar-refractivity contribution in [2.45, 2.75) is 44.3 Å². The molecule has 0 spiro atoms. The summed E-state index contributed by atoms with van der Waals surface area (Å²) in [5.41, 5.74) is 0. The van der Waals surface area contributed by atoms with Crippen LogP contribution in [0.3, 0.4) is 0 Å². The minimum Gasteiger partial charge on any atom is -0.393 e. The smallest absolute Gasteiger partial charge is 0.0627 e. The van der Waals surface area contributed by atoms with E-state index in [1.807, 2.05) is 0 Å². The molecule has 2 fully saturated rings. The van der Waals surface area contributed by atoms with Gasteiger partial charge in [-0.05, 0) is 32.1 Å². The highest BCUT2D eigenvalue weighted by Crippen LogP contribution is 2.33. The standard InChI is InChI=1S/C9H16O2/c10-8-4-1-5-9-7(8)3-2-6-11-9/h7-10H,1-6H2. The number of rotatable bonds is 0. The van der Waals surface area contributed by atoms with Crippen molar-refractivity contribution in [3.63, 3.8) is 0 Å². The third-order valence-electron chi connectivity index (χ3n) is 2.97. The van der Waals surface area contributed by atoms with Gasteiger partial charge in [0.2, 0.25) is 0 Å². The van der Waals surface area contributed by atoms with Gasteiger partial charge in [-0.15, -0.1) is 0 Å². The molecule has 2 rings (SSSR count). The van der Waals surface area contributed by atoms with E-state index < -0.39 is 0 Å². The van der Waals surface area contributed by atoms with E-state index in [1.54, 1.807) is 0 Å². The van der Waals surface area contributed by atoms with E-state index in [9.17, 15) is 5.11 Å². The van der Waals surface area contributed by atoms with Crippen LogP contribution in [0.15, 0.2) is 0 Å². The van der Waals surface area contributed by atoms with Gasteiger partial charge < -0.3 is 9.84 Å². The molecule has 1 saturated heterocycles. The molecule has 0 aromatic heterocycles. The zero-order chi connectivity index (χ0) is 7.68. The topological polar surface area (TPSA) is 29.5 Å². The Balaban J connectivity index is 1.99. The molecule has 0 aromatic rings. The molecule has 1 saturated carbocycles. The lowest BCUT2D eigenvalue weighted by Crippen LogP contribution is -2.40. The van der Waals surface area contributed by atoms with Gasteiger partial charge >= 0.3 is 0 Å².